The van der Waals surface area contributed by atoms with Gasteiger partial charge in [-0.25, -0.2) is 19.9 Å². The Morgan fingerprint density at radius 2 is 0.739 bits per heavy atom. The van der Waals surface area contributed by atoms with Crippen molar-refractivity contribution in [3.8, 4) is 0 Å². The number of H-pyrrole nitrogens is 4. The van der Waals surface area contributed by atoms with E-state index in [1.165, 1.54) is 0 Å². The van der Waals surface area contributed by atoms with Gasteiger partial charge in [0.2, 0.25) is 0 Å². The molecular formula is C12H16CdCl2N8. The van der Waals surface area contributed by atoms with E-state index in [1.807, 2.05) is 0 Å². The van der Waals surface area contributed by atoms with Crippen molar-refractivity contribution in [1.82, 2.24) is 39.9 Å². The van der Waals surface area contributed by atoms with Crippen LogP contribution >= 0.6 is 16.6 Å². The van der Waals surface area contributed by atoms with E-state index in [0.717, 1.165) is 0 Å². The molecule has 0 radical (unpaired) electrons. The minimum Gasteiger partial charge on any atom is -0.351 e. The van der Waals surface area contributed by atoms with Gasteiger partial charge in [-0.1, -0.05) is 0 Å². The molecule has 4 aromatic rings. The summed E-state index contributed by atoms with van der Waals surface area (Å²) in [6.45, 7) is 0. The second-order valence-corrected chi connectivity index (χ2v) is 9.14. The van der Waals surface area contributed by atoms with Crippen LogP contribution in [0.5, 0.6) is 0 Å². The molecule has 0 atom stereocenters. The molecule has 0 unspecified atom stereocenters. The predicted octanol–water partition coefficient (Wildman–Crippen LogP) is 3.02. The van der Waals surface area contributed by atoms with Gasteiger partial charge in [-0.2, -0.15) is 0 Å². The van der Waals surface area contributed by atoms with Crippen molar-refractivity contribution in [3.05, 3.63) is 74.9 Å². The zero-order chi connectivity index (χ0) is 16.8. The first kappa shape index (κ1) is 21.3. The Morgan fingerprint density at radius 1 is 0.522 bits per heavy atom. The van der Waals surface area contributed by atoms with Gasteiger partial charge in [-0.15, -0.1) is 0 Å². The van der Waals surface area contributed by atoms with Gasteiger partial charge in [-0.05, 0) is 0 Å². The molecule has 0 bridgehead atoms. The second kappa shape index (κ2) is 20.3. The molecule has 4 heterocycles. The number of aromatic amines is 4. The van der Waals surface area contributed by atoms with E-state index in [2.05, 4.69) is 39.9 Å². The van der Waals surface area contributed by atoms with E-state index in [0.29, 0.717) is 0 Å². The molecule has 23 heavy (non-hydrogen) atoms. The summed E-state index contributed by atoms with van der Waals surface area (Å²) < 4.78 is 0. The smallest absolute Gasteiger partial charge is 0.0919 e. The van der Waals surface area contributed by atoms with Crippen LogP contribution in [0.4, 0.5) is 0 Å². The fourth-order valence-corrected chi connectivity index (χ4v) is 0.861. The van der Waals surface area contributed by atoms with Crippen LogP contribution in [0, 0.1) is 0 Å². The number of hydrogen-bond donors (Lipinski definition) is 4. The Hall–Kier alpha value is -1.66. The third kappa shape index (κ3) is 20.3. The van der Waals surface area contributed by atoms with Crippen LogP contribution in [0.1, 0.15) is 0 Å². The van der Waals surface area contributed by atoms with Crippen LogP contribution in [0.3, 0.4) is 0 Å². The maximum absolute atomic E-state index is 4.97. The number of imidazole rings is 4. The van der Waals surface area contributed by atoms with Crippen molar-refractivity contribution < 1.29 is 21.8 Å². The quantitative estimate of drug-likeness (QED) is 0.305. The molecule has 4 N–H and O–H groups in total. The standard InChI is InChI=1S/4C3H4N2.Cd.2ClH/c4*1-2-5-3-4-1;;;/h4*1-3H,(H,4,5);;2*1H/q;;;;+2;;/p-2. The molecule has 0 aliphatic rings. The summed E-state index contributed by atoms with van der Waals surface area (Å²) in [6.07, 6.45) is 20.3. The van der Waals surface area contributed by atoms with Gasteiger partial charge in [0.15, 0.2) is 0 Å². The molecule has 8 nitrogen and oxygen atoms in total. The Morgan fingerprint density at radius 3 is 0.783 bits per heavy atom. The number of nitrogens with zero attached hydrogens (tertiary/aromatic N) is 4. The van der Waals surface area contributed by atoms with Crippen molar-refractivity contribution in [1.29, 1.82) is 0 Å². The number of halogens is 2. The fourth-order valence-electron chi connectivity index (χ4n) is 0.861. The first-order valence-corrected chi connectivity index (χ1v) is 16.5. The molecule has 4 aromatic heterocycles. The van der Waals surface area contributed by atoms with E-state index in [-0.39, 0.29) is 0 Å². The summed E-state index contributed by atoms with van der Waals surface area (Å²) in [7, 11) is 9.95. The topological polar surface area (TPSA) is 115 Å². The SMILES string of the molecule is [Cl][Cd][Cl].c1c[nH]cn1.c1c[nH]cn1.c1c[nH]cn1.c1c[nH]cn1. The van der Waals surface area contributed by atoms with Gasteiger partial charge in [-0.3, -0.25) is 0 Å². The van der Waals surface area contributed by atoms with Crippen LogP contribution in [0.2, 0.25) is 0 Å². The van der Waals surface area contributed by atoms with Crippen LogP contribution in [0.25, 0.3) is 0 Å². The van der Waals surface area contributed by atoms with E-state index >= 15 is 0 Å². The summed E-state index contributed by atoms with van der Waals surface area (Å²) in [4.78, 5) is 25.7. The van der Waals surface area contributed by atoms with Gasteiger partial charge in [0, 0.05) is 49.6 Å². The van der Waals surface area contributed by atoms with E-state index in [9.17, 15) is 0 Å². The minimum absolute atomic E-state index is 1.07. The first-order chi connectivity index (χ1) is 11.4. The zero-order valence-corrected chi connectivity index (χ0v) is 17.7. The van der Waals surface area contributed by atoms with E-state index in [4.69, 9.17) is 16.6 Å². The summed E-state index contributed by atoms with van der Waals surface area (Å²) in [6, 6.07) is 0. The average Bonchev–Trinajstić information content (AvgIpc) is 3.47. The van der Waals surface area contributed by atoms with Crippen LogP contribution in [-0.2, 0) is 21.8 Å². The first-order valence-electron chi connectivity index (χ1n) is 6.24. The molecule has 0 saturated carbocycles. The largest absolute Gasteiger partial charge is 0.351 e. The van der Waals surface area contributed by atoms with Gasteiger partial charge in [0.1, 0.15) is 0 Å². The van der Waals surface area contributed by atoms with Crippen molar-refractivity contribution in [2.75, 3.05) is 0 Å². The normalized spacial score (nSPS) is 7.39. The van der Waals surface area contributed by atoms with Crippen LogP contribution in [0.15, 0.2) is 74.9 Å². The number of aromatic nitrogens is 8. The molecule has 0 spiro atoms. The summed E-state index contributed by atoms with van der Waals surface area (Å²) in [5, 5.41) is 0. The zero-order valence-electron chi connectivity index (χ0n) is 12.2. The average molecular weight is 456 g/mol. The molecule has 0 saturated heterocycles. The van der Waals surface area contributed by atoms with Crippen molar-refractivity contribution in [2.45, 2.75) is 0 Å². The van der Waals surface area contributed by atoms with Crippen molar-refractivity contribution in [3.63, 3.8) is 0 Å². The molecule has 0 fully saturated rings. The Balaban J connectivity index is 0.000000266. The monoisotopic (exact) mass is 456 g/mol. The van der Waals surface area contributed by atoms with Gasteiger partial charge < -0.3 is 19.9 Å². The molecule has 0 aliphatic heterocycles. The molecule has 4 rings (SSSR count). The molecule has 11 heteroatoms. The van der Waals surface area contributed by atoms with Crippen molar-refractivity contribution in [2.24, 2.45) is 0 Å². The van der Waals surface area contributed by atoms with Gasteiger partial charge in [0.05, 0.1) is 25.3 Å². The van der Waals surface area contributed by atoms with Crippen LogP contribution < -0.4 is 0 Å². The number of nitrogens with one attached hydrogen (secondary N) is 4. The summed E-state index contributed by atoms with van der Waals surface area (Å²) >= 11 is -1.07. The summed E-state index contributed by atoms with van der Waals surface area (Å²) in [5.41, 5.74) is 0. The fraction of sp³-hybridized carbons (Fsp3) is 0. The van der Waals surface area contributed by atoms with Crippen molar-refractivity contribution >= 4 is 16.6 Å². The van der Waals surface area contributed by atoms with E-state index in [1.54, 1.807) is 74.9 Å². The summed E-state index contributed by atoms with van der Waals surface area (Å²) in [5.74, 6) is 0. The number of rotatable bonds is 0. The maximum Gasteiger partial charge on any atom is 0.0919 e. The Bertz CT molecular complexity index is 380. The minimum atomic E-state index is -1.07. The third-order valence-electron chi connectivity index (χ3n) is 1.62. The molecule has 0 aromatic carbocycles. The van der Waals surface area contributed by atoms with E-state index < -0.39 is 21.8 Å². The molecule has 120 valence electrons. The second-order valence-electron chi connectivity index (χ2n) is 3.14. The molecule has 0 aliphatic carbocycles. The molecule has 0 amide bonds. The number of hydrogen-bond acceptors (Lipinski definition) is 4. The predicted molar refractivity (Wildman–Crippen MR) is 86.1 cm³/mol. The third-order valence-corrected chi connectivity index (χ3v) is 1.62. The molecular weight excluding hydrogens is 440 g/mol. The van der Waals surface area contributed by atoms with Gasteiger partial charge in [0.25, 0.3) is 0 Å². The Labute approximate surface area is 152 Å². The maximum atomic E-state index is 4.97. The van der Waals surface area contributed by atoms with Gasteiger partial charge >= 0.3 is 38.4 Å². The Kier molecular flexibility index (Phi) is 18.9. The van der Waals surface area contributed by atoms with Crippen LogP contribution in [-0.4, -0.2) is 39.9 Å².